The molecule has 0 heterocycles. The second-order valence-electron chi connectivity index (χ2n) is 5.61. The molecule has 0 unspecified atom stereocenters. The maximum absolute atomic E-state index is 10.6. The molecule has 3 N–H and O–H groups in total. The van der Waals surface area contributed by atoms with Crippen LogP contribution in [0.3, 0.4) is 0 Å². The summed E-state index contributed by atoms with van der Waals surface area (Å²) in [7, 11) is 0. The van der Waals surface area contributed by atoms with Gasteiger partial charge in [-0.15, -0.1) is 0 Å². The Kier molecular flexibility index (Phi) is 5.45. The Labute approximate surface area is 133 Å². The smallest absolute Gasteiger partial charge is 0.104 e. The van der Waals surface area contributed by atoms with Crippen LogP contribution in [0.15, 0.2) is 36.4 Å². The fraction of sp³-hybridized carbons (Fsp3) is 0.368. The van der Waals surface area contributed by atoms with Crippen molar-refractivity contribution in [2.75, 3.05) is 23.7 Å². The van der Waals surface area contributed by atoms with E-state index in [1.165, 1.54) is 0 Å². The maximum Gasteiger partial charge on any atom is 0.104 e. The van der Waals surface area contributed by atoms with E-state index in [4.69, 9.17) is 0 Å². The Bertz CT molecular complexity index is 582. The molecule has 0 aliphatic rings. The van der Waals surface area contributed by atoms with Gasteiger partial charge in [-0.1, -0.05) is 24.3 Å². The van der Waals surface area contributed by atoms with E-state index in [2.05, 4.69) is 50.5 Å². The van der Waals surface area contributed by atoms with Crippen LogP contribution in [0.2, 0.25) is 0 Å². The minimum Gasteiger partial charge on any atom is -0.385 e. The van der Waals surface area contributed by atoms with Gasteiger partial charge in [0.05, 0.1) is 0 Å². The number of benzene rings is 2. The lowest BCUT2D eigenvalue weighted by atomic mass is 9.97. The zero-order valence-electron chi connectivity index (χ0n) is 13.9. The topological polar surface area (TPSA) is 44.3 Å². The van der Waals surface area contributed by atoms with Crippen molar-refractivity contribution in [3.8, 4) is 0 Å². The number of anilines is 2. The maximum atomic E-state index is 10.6. The first-order valence-electron chi connectivity index (χ1n) is 7.93. The summed E-state index contributed by atoms with van der Waals surface area (Å²) in [6.45, 7) is 10.1. The summed E-state index contributed by atoms with van der Waals surface area (Å²) in [6.07, 6.45) is -0.594. The van der Waals surface area contributed by atoms with Crippen molar-refractivity contribution in [3.63, 3.8) is 0 Å². The molecule has 0 amide bonds. The number of aryl methyl sites for hydroxylation is 2. The predicted octanol–water partition coefficient (Wildman–Crippen LogP) is 4.25. The lowest BCUT2D eigenvalue weighted by Gasteiger charge is -2.16. The fourth-order valence-electron chi connectivity index (χ4n) is 2.68. The second kappa shape index (κ2) is 7.32. The van der Waals surface area contributed by atoms with E-state index >= 15 is 0 Å². The number of hydrogen-bond donors (Lipinski definition) is 3. The fourth-order valence-corrected chi connectivity index (χ4v) is 2.68. The standard InChI is InChI=1S/C19H26N2O/c1-5-20-17-9-7-15(11-13(17)3)19(22)16-8-10-18(21-6-2)14(4)12-16/h7-12,19-22H,5-6H2,1-4H3. The third-order valence-electron chi connectivity index (χ3n) is 3.87. The molecule has 0 fully saturated rings. The average Bonchev–Trinajstić information content (AvgIpc) is 2.51. The van der Waals surface area contributed by atoms with Crippen LogP contribution in [0, 0.1) is 13.8 Å². The van der Waals surface area contributed by atoms with Gasteiger partial charge in [-0.25, -0.2) is 0 Å². The summed E-state index contributed by atoms with van der Waals surface area (Å²) >= 11 is 0. The summed E-state index contributed by atoms with van der Waals surface area (Å²) in [5.74, 6) is 0. The highest BCUT2D eigenvalue weighted by Crippen LogP contribution is 2.28. The Morgan fingerprint density at radius 1 is 0.818 bits per heavy atom. The van der Waals surface area contributed by atoms with Crippen molar-refractivity contribution in [2.24, 2.45) is 0 Å². The minimum atomic E-state index is -0.594. The molecule has 0 atom stereocenters. The number of aliphatic hydroxyl groups is 1. The highest BCUT2D eigenvalue weighted by molar-refractivity contribution is 5.55. The summed E-state index contributed by atoms with van der Waals surface area (Å²) in [5, 5.41) is 17.3. The van der Waals surface area contributed by atoms with Crippen LogP contribution < -0.4 is 10.6 Å². The predicted molar refractivity (Wildman–Crippen MR) is 94.7 cm³/mol. The van der Waals surface area contributed by atoms with E-state index in [9.17, 15) is 5.11 Å². The number of aliphatic hydroxyl groups excluding tert-OH is 1. The Morgan fingerprint density at radius 3 is 1.55 bits per heavy atom. The molecule has 2 aromatic rings. The molecule has 0 spiro atoms. The molecule has 0 saturated heterocycles. The van der Waals surface area contributed by atoms with Gasteiger partial charge >= 0.3 is 0 Å². The van der Waals surface area contributed by atoms with E-state index < -0.39 is 6.10 Å². The van der Waals surface area contributed by atoms with Crippen LogP contribution in [0.5, 0.6) is 0 Å². The molecule has 0 saturated carbocycles. The van der Waals surface area contributed by atoms with Crippen LogP contribution in [0.4, 0.5) is 11.4 Å². The summed E-state index contributed by atoms with van der Waals surface area (Å²) < 4.78 is 0. The number of rotatable bonds is 6. The molecule has 22 heavy (non-hydrogen) atoms. The van der Waals surface area contributed by atoms with Gasteiger partial charge in [0.15, 0.2) is 0 Å². The third-order valence-corrected chi connectivity index (χ3v) is 3.87. The van der Waals surface area contributed by atoms with E-state index in [1.54, 1.807) is 0 Å². The third kappa shape index (κ3) is 3.60. The molecule has 0 radical (unpaired) electrons. The summed E-state index contributed by atoms with van der Waals surface area (Å²) in [4.78, 5) is 0. The normalized spacial score (nSPS) is 10.8. The Hall–Kier alpha value is -2.00. The zero-order valence-corrected chi connectivity index (χ0v) is 13.9. The van der Waals surface area contributed by atoms with Crippen molar-refractivity contribution in [2.45, 2.75) is 33.8 Å². The van der Waals surface area contributed by atoms with Crippen molar-refractivity contribution in [3.05, 3.63) is 58.7 Å². The van der Waals surface area contributed by atoms with Crippen LogP contribution >= 0.6 is 0 Å². The van der Waals surface area contributed by atoms with Gasteiger partial charge in [0.25, 0.3) is 0 Å². The summed E-state index contributed by atoms with van der Waals surface area (Å²) in [6, 6.07) is 12.2. The second-order valence-corrected chi connectivity index (χ2v) is 5.61. The SMILES string of the molecule is CCNc1ccc(C(O)c2ccc(NCC)c(C)c2)cc1C. The highest BCUT2D eigenvalue weighted by atomic mass is 16.3. The molecule has 2 rings (SSSR count). The van der Waals surface area contributed by atoms with E-state index in [-0.39, 0.29) is 0 Å². The molecule has 3 nitrogen and oxygen atoms in total. The Morgan fingerprint density at radius 2 is 1.23 bits per heavy atom. The van der Waals surface area contributed by atoms with Crippen LogP contribution in [-0.2, 0) is 0 Å². The van der Waals surface area contributed by atoms with Crippen LogP contribution in [0.25, 0.3) is 0 Å². The van der Waals surface area contributed by atoms with Crippen LogP contribution in [-0.4, -0.2) is 18.2 Å². The molecular formula is C19H26N2O. The first-order chi connectivity index (χ1) is 10.6. The van der Waals surface area contributed by atoms with Crippen LogP contribution in [0.1, 0.15) is 42.2 Å². The first-order valence-corrected chi connectivity index (χ1v) is 7.93. The number of hydrogen-bond acceptors (Lipinski definition) is 3. The molecule has 0 bridgehead atoms. The molecule has 3 heteroatoms. The van der Waals surface area contributed by atoms with Gasteiger partial charge in [0.1, 0.15) is 6.10 Å². The van der Waals surface area contributed by atoms with Gasteiger partial charge in [0, 0.05) is 24.5 Å². The lowest BCUT2D eigenvalue weighted by Crippen LogP contribution is -2.04. The van der Waals surface area contributed by atoms with E-state index in [0.717, 1.165) is 46.7 Å². The van der Waals surface area contributed by atoms with E-state index in [0.29, 0.717) is 0 Å². The largest absolute Gasteiger partial charge is 0.385 e. The molecule has 118 valence electrons. The van der Waals surface area contributed by atoms with Gasteiger partial charge in [-0.05, 0) is 62.1 Å². The van der Waals surface area contributed by atoms with E-state index in [1.807, 2.05) is 24.3 Å². The molecular weight excluding hydrogens is 272 g/mol. The lowest BCUT2D eigenvalue weighted by molar-refractivity contribution is 0.220. The monoisotopic (exact) mass is 298 g/mol. The van der Waals surface area contributed by atoms with Crippen molar-refractivity contribution < 1.29 is 5.11 Å². The summed E-state index contributed by atoms with van der Waals surface area (Å²) in [5.41, 5.74) is 6.40. The van der Waals surface area contributed by atoms with Crippen molar-refractivity contribution >= 4 is 11.4 Å². The molecule has 0 aliphatic carbocycles. The average molecular weight is 298 g/mol. The number of nitrogens with one attached hydrogen (secondary N) is 2. The van der Waals surface area contributed by atoms with Gasteiger partial charge < -0.3 is 15.7 Å². The highest BCUT2D eigenvalue weighted by Gasteiger charge is 2.12. The van der Waals surface area contributed by atoms with Crippen molar-refractivity contribution in [1.29, 1.82) is 0 Å². The van der Waals surface area contributed by atoms with Gasteiger partial charge in [-0.2, -0.15) is 0 Å². The first kappa shape index (κ1) is 16.4. The molecule has 0 aromatic heterocycles. The zero-order chi connectivity index (χ0) is 16.1. The minimum absolute atomic E-state index is 0.594. The van der Waals surface area contributed by atoms with Gasteiger partial charge in [0.2, 0.25) is 0 Å². The van der Waals surface area contributed by atoms with Gasteiger partial charge in [-0.3, -0.25) is 0 Å². The van der Waals surface area contributed by atoms with Crippen molar-refractivity contribution in [1.82, 2.24) is 0 Å². The Balaban J connectivity index is 2.26. The molecule has 2 aromatic carbocycles. The molecule has 0 aliphatic heterocycles. The quantitative estimate of drug-likeness (QED) is 0.747.